The third kappa shape index (κ3) is 3.37. The van der Waals surface area contributed by atoms with Gasteiger partial charge in [-0.25, -0.2) is 0 Å². The van der Waals surface area contributed by atoms with Gasteiger partial charge in [0.05, 0.1) is 18.7 Å². The zero-order valence-electron chi connectivity index (χ0n) is 13.6. The maximum atomic E-state index is 12.0. The quantitative estimate of drug-likeness (QED) is 0.846. The summed E-state index contributed by atoms with van der Waals surface area (Å²) in [5.41, 5.74) is 5.25. The van der Waals surface area contributed by atoms with Crippen LogP contribution in [0.1, 0.15) is 24.5 Å². The molecule has 0 aliphatic rings. The largest absolute Gasteiger partial charge is 0.493 e. The van der Waals surface area contributed by atoms with Gasteiger partial charge in [-0.05, 0) is 24.1 Å². The van der Waals surface area contributed by atoms with E-state index in [-0.39, 0.29) is 27.5 Å². The van der Waals surface area contributed by atoms with Crippen LogP contribution in [-0.4, -0.2) is 18.7 Å². The highest BCUT2D eigenvalue weighted by atomic mass is 35.5. The van der Waals surface area contributed by atoms with Gasteiger partial charge in [-0.3, -0.25) is 4.79 Å². The minimum Gasteiger partial charge on any atom is -0.493 e. The number of nitrogens with zero attached hydrogens (tertiary/aromatic N) is 2. The van der Waals surface area contributed by atoms with Crippen LogP contribution in [0.3, 0.4) is 0 Å². The summed E-state index contributed by atoms with van der Waals surface area (Å²) in [5.74, 6) is 0.551. The van der Waals surface area contributed by atoms with Crippen LogP contribution >= 0.6 is 11.6 Å². The normalized spacial score (nSPS) is 9.96. The molecule has 7 nitrogen and oxygen atoms in total. The van der Waals surface area contributed by atoms with Crippen molar-refractivity contribution in [1.82, 2.24) is 4.98 Å². The summed E-state index contributed by atoms with van der Waals surface area (Å²) in [6.45, 7) is 2.40. The Bertz CT molecular complexity index is 954. The molecule has 0 atom stereocenters. The predicted molar refractivity (Wildman–Crippen MR) is 93.7 cm³/mol. The number of nitrogen functional groups attached to an aromatic ring is 1. The lowest BCUT2D eigenvalue weighted by molar-refractivity contribution is 0.294. The Kier molecular flexibility index (Phi) is 5.53. The van der Waals surface area contributed by atoms with Crippen molar-refractivity contribution in [1.29, 1.82) is 10.5 Å². The highest BCUT2D eigenvalue weighted by Gasteiger charge is 2.21. The first-order valence-electron chi connectivity index (χ1n) is 7.35. The Morgan fingerprint density at radius 1 is 1.28 bits per heavy atom. The van der Waals surface area contributed by atoms with E-state index in [1.807, 2.05) is 13.0 Å². The molecule has 0 bridgehead atoms. The minimum atomic E-state index is -0.685. The van der Waals surface area contributed by atoms with Crippen molar-refractivity contribution in [2.45, 2.75) is 13.3 Å². The van der Waals surface area contributed by atoms with Gasteiger partial charge in [0.15, 0.2) is 11.5 Å². The molecule has 1 aromatic heterocycles. The number of methoxy groups -OCH3 is 1. The molecule has 0 aliphatic heterocycles. The summed E-state index contributed by atoms with van der Waals surface area (Å²) in [6.07, 6.45) is 0.781. The number of anilines is 1. The lowest BCUT2D eigenvalue weighted by Gasteiger charge is -2.15. The van der Waals surface area contributed by atoms with Gasteiger partial charge in [0, 0.05) is 5.56 Å². The lowest BCUT2D eigenvalue weighted by atomic mass is 9.96. The van der Waals surface area contributed by atoms with Crippen LogP contribution in [0.5, 0.6) is 11.5 Å². The number of ether oxygens (including phenoxy) is 2. The fourth-order valence-corrected chi connectivity index (χ4v) is 2.61. The summed E-state index contributed by atoms with van der Waals surface area (Å²) in [4.78, 5) is 14.3. The summed E-state index contributed by atoms with van der Waals surface area (Å²) in [5, 5.41) is 18.9. The standard InChI is InChI=1S/C17H15ClN4O3/c1-3-4-25-15-12(18)5-9(6-13(15)24-2)14-10(7-19)16(21)22-17(23)11(14)8-20/h5-6H,3-4H2,1-2H3,(H3,21,22,23). The number of H-pyrrole nitrogens is 1. The van der Waals surface area contributed by atoms with Crippen LogP contribution in [0.15, 0.2) is 16.9 Å². The molecule has 0 amide bonds. The smallest absolute Gasteiger partial charge is 0.268 e. The van der Waals surface area contributed by atoms with Crippen molar-refractivity contribution in [3.8, 4) is 34.8 Å². The van der Waals surface area contributed by atoms with Gasteiger partial charge in [-0.15, -0.1) is 0 Å². The molecule has 0 aliphatic carbocycles. The van der Waals surface area contributed by atoms with E-state index in [1.54, 1.807) is 12.1 Å². The average molecular weight is 359 g/mol. The van der Waals surface area contributed by atoms with E-state index in [4.69, 9.17) is 26.8 Å². The molecule has 0 spiro atoms. The molecule has 0 saturated carbocycles. The average Bonchev–Trinajstić information content (AvgIpc) is 2.59. The number of halogens is 1. The van der Waals surface area contributed by atoms with Crippen LogP contribution in [0.25, 0.3) is 11.1 Å². The SMILES string of the molecule is CCCOc1c(Cl)cc(-c2c(C#N)c(N)[nH]c(=O)c2C#N)cc1OC. The number of rotatable bonds is 5. The fraction of sp³-hybridized carbons (Fsp3) is 0.235. The molecule has 0 fully saturated rings. The van der Waals surface area contributed by atoms with Crippen LogP contribution in [0.4, 0.5) is 5.82 Å². The molecule has 1 heterocycles. The second-order valence-electron chi connectivity index (χ2n) is 5.05. The molecule has 128 valence electrons. The van der Waals surface area contributed by atoms with Crippen LogP contribution in [0, 0.1) is 22.7 Å². The van der Waals surface area contributed by atoms with Gasteiger partial charge in [-0.1, -0.05) is 18.5 Å². The van der Waals surface area contributed by atoms with E-state index in [0.29, 0.717) is 23.7 Å². The number of hydrogen-bond acceptors (Lipinski definition) is 6. The molecule has 8 heteroatoms. The van der Waals surface area contributed by atoms with Gasteiger partial charge in [0.1, 0.15) is 29.1 Å². The second kappa shape index (κ2) is 7.61. The first kappa shape index (κ1) is 18.2. The van der Waals surface area contributed by atoms with Crippen molar-refractivity contribution in [2.75, 3.05) is 19.5 Å². The zero-order valence-corrected chi connectivity index (χ0v) is 14.4. The highest BCUT2D eigenvalue weighted by molar-refractivity contribution is 6.32. The van der Waals surface area contributed by atoms with E-state index < -0.39 is 5.56 Å². The zero-order chi connectivity index (χ0) is 18.6. The van der Waals surface area contributed by atoms with E-state index in [2.05, 4.69) is 4.98 Å². The number of aromatic amines is 1. The van der Waals surface area contributed by atoms with Crippen molar-refractivity contribution >= 4 is 17.4 Å². The molecule has 2 aromatic rings. The first-order chi connectivity index (χ1) is 12.0. The van der Waals surface area contributed by atoms with Gasteiger partial charge in [0.2, 0.25) is 0 Å². The second-order valence-corrected chi connectivity index (χ2v) is 5.46. The van der Waals surface area contributed by atoms with Gasteiger partial charge < -0.3 is 20.2 Å². The number of pyridine rings is 1. The number of nitriles is 2. The number of hydrogen-bond donors (Lipinski definition) is 2. The van der Waals surface area contributed by atoms with Gasteiger partial charge in [-0.2, -0.15) is 10.5 Å². The number of benzene rings is 1. The predicted octanol–water partition coefficient (Wildman–Crippen LogP) is 2.82. The Morgan fingerprint density at radius 2 is 1.96 bits per heavy atom. The Hall–Kier alpha value is -3.16. The summed E-state index contributed by atoms with van der Waals surface area (Å²) >= 11 is 6.28. The van der Waals surface area contributed by atoms with Crippen LogP contribution in [0.2, 0.25) is 5.02 Å². The van der Waals surface area contributed by atoms with Crippen LogP contribution in [-0.2, 0) is 0 Å². The van der Waals surface area contributed by atoms with Crippen molar-refractivity contribution in [3.63, 3.8) is 0 Å². The van der Waals surface area contributed by atoms with E-state index in [1.165, 1.54) is 13.2 Å². The van der Waals surface area contributed by atoms with E-state index >= 15 is 0 Å². The molecule has 0 saturated heterocycles. The molecule has 1 aromatic carbocycles. The van der Waals surface area contributed by atoms with E-state index in [9.17, 15) is 15.3 Å². The first-order valence-corrected chi connectivity index (χ1v) is 7.72. The molecular formula is C17H15ClN4O3. The topological polar surface area (TPSA) is 125 Å². The Labute approximate surface area is 149 Å². The summed E-state index contributed by atoms with van der Waals surface area (Å²) in [6, 6.07) is 6.77. The maximum absolute atomic E-state index is 12.0. The van der Waals surface area contributed by atoms with Crippen molar-refractivity contribution in [3.05, 3.63) is 38.6 Å². The molecule has 2 rings (SSSR count). The molecule has 25 heavy (non-hydrogen) atoms. The highest BCUT2D eigenvalue weighted by Crippen LogP contribution is 2.41. The Balaban J connectivity index is 2.80. The fourth-order valence-electron chi connectivity index (χ4n) is 2.34. The summed E-state index contributed by atoms with van der Waals surface area (Å²) < 4.78 is 10.9. The third-order valence-corrected chi connectivity index (χ3v) is 3.72. The molecule has 0 unspecified atom stereocenters. The molecular weight excluding hydrogens is 344 g/mol. The monoisotopic (exact) mass is 358 g/mol. The summed E-state index contributed by atoms with van der Waals surface area (Å²) in [7, 11) is 1.44. The van der Waals surface area contributed by atoms with Crippen molar-refractivity contribution in [2.24, 2.45) is 0 Å². The molecule has 3 N–H and O–H groups in total. The molecule has 0 radical (unpaired) electrons. The van der Waals surface area contributed by atoms with Crippen molar-refractivity contribution < 1.29 is 9.47 Å². The van der Waals surface area contributed by atoms with Gasteiger partial charge in [0.25, 0.3) is 5.56 Å². The van der Waals surface area contributed by atoms with Gasteiger partial charge >= 0.3 is 0 Å². The third-order valence-electron chi connectivity index (χ3n) is 3.44. The van der Waals surface area contributed by atoms with E-state index in [0.717, 1.165) is 6.42 Å². The Morgan fingerprint density at radius 3 is 2.52 bits per heavy atom. The maximum Gasteiger partial charge on any atom is 0.268 e. The number of nitrogens with two attached hydrogens (primary N) is 1. The number of aromatic nitrogens is 1. The lowest BCUT2D eigenvalue weighted by Crippen LogP contribution is -2.16. The van der Waals surface area contributed by atoms with Crippen LogP contribution < -0.4 is 20.8 Å². The number of nitrogens with one attached hydrogen (secondary N) is 1. The minimum absolute atomic E-state index is 0.0171.